The molecular weight excluding hydrogens is 362 g/mol. The van der Waals surface area contributed by atoms with E-state index in [-0.39, 0.29) is 17.4 Å². The molecule has 1 unspecified atom stereocenters. The van der Waals surface area contributed by atoms with Crippen molar-refractivity contribution in [1.82, 2.24) is 4.90 Å². The number of aryl methyl sites for hydroxylation is 1. The molecule has 1 aliphatic rings. The Morgan fingerprint density at radius 3 is 2.63 bits per heavy atom. The van der Waals surface area contributed by atoms with Gasteiger partial charge in [-0.1, -0.05) is 38.3 Å². The Hall–Kier alpha value is -1.53. The van der Waals surface area contributed by atoms with Gasteiger partial charge in [0.2, 0.25) is 5.91 Å². The molecule has 1 aromatic rings. The van der Waals surface area contributed by atoms with Crippen molar-refractivity contribution in [3.63, 3.8) is 0 Å². The summed E-state index contributed by atoms with van der Waals surface area (Å²) in [6, 6.07) is 7.00. The van der Waals surface area contributed by atoms with Gasteiger partial charge < -0.3 is 15.1 Å². The lowest BCUT2D eigenvalue weighted by atomic mass is 10.1. The molecule has 6 heteroatoms. The molecule has 1 heterocycles. The molecule has 0 saturated carbocycles. The summed E-state index contributed by atoms with van der Waals surface area (Å²) in [5, 5.41) is 19.2. The number of amides is 1. The van der Waals surface area contributed by atoms with Crippen LogP contribution in [0.5, 0.6) is 0 Å². The van der Waals surface area contributed by atoms with Crippen molar-refractivity contribution in [2.24, 2.45) is 0 Å². The molecule has 2 rings (SSSR count). The highest BCUT2D eigenvalue weighted by Crippen LogP contribution is 2.29. The zero-order valence-electron chi connectivity index (χ0n) is 16.1. The first-order valence-corrected chi connectivity index (χ1v) is 11.0. The van der Waals surface area contributed by atoms with Gasteiger partial charge in [-0.05, 0) is 49.8 Å². The van der Waals surface area contributed by atoms with Crippen molar-refractivity contribution >= 4 is 23.6 Å². The van der Waals surface area contributed by atoms with Crippen LogP contribution in [0, 0.1) is 0 Å². The van der Waals surface area contributed by atoms with Crippen LogP contribution in [0.25, 0.3) is 0 Å². The third-order valence-corrected chi connectivity index (χ3v) is 6.32. The number of aromatic carboxylic acids is 1. The van der Waals surface area contributed by atoms with Gasteiger partial charge in [-0.15, -0.1) is 11.8 Å². The second-order valence-corrected chi connectivity index (χ2v) is 8.35. The van der Waals surface area contributed by atoms with Crippen LogP contribution >= 0.6 is 11.8 Å². The molecule has 150 valence electrons. The number of hydrogen-bond donors (Lipinski definition) is 2. The van der Waals surface area contributed by atoms with Gasteiger partial charge in [0.05, 0.1) is 22.8 Å². The summed E-state index contributed by atoms with van der Waals surface area (Å²) in [7, 11) is 0. The van der Waals surface area contributed by atoms with Crippen LogP contribution < -0.4 is 0 Å². The Kier molecular flexibility index (Phi) is 9.15. The molecule has 1 fully saturated rings. The standard InChI is InChI=1S/C21H31NO4S/c1-2-3-4-7-18(23)13-14-22-19(24)15-27-20(22)8-5-6-16-9-11-17(12-10-16)21(25)26/h9-12,18,20,23H,2-8,13-15H2,1H3,(H,25,26)/t18?,20-/m0/s1. The SMILES string of the molecule is CCCCCC(O)CCN1C(=O)CS[C@H]1CCCc1ccc(C(=O)O)cc1. The highest BCUT2D eigenvalue weighted by Gasteiger charge is 2.31. The third-order valence-electron chi connectivity index (χ3n) is 5.03. The molecule has 0 radical (unpaired) electrons. The molecule has 1 saturated heterocycles. The Morgan fingerprint density at radius 1 is 1.22 bits per heavy atom. The van der Waals surface area contributed by atoms with Gasteiger partial charge in [0.25, 0.3) is 0 Å². The van der Waals surface area contributed by atoms with Crippen molar-refractivity contribution in [2.45, 2.75) is 69.8 Å². The van der Waals surface area contributed by atoms with Crippen molar-refractivity contribution in [2.75, 3.05) is 12.3 Å². The minimum absolute atomic E-state index is 0.177. The molecule has 2 N–H and O–H groups in total. The predicted octanol–water partition coefficient (Wildman–Crippen LogP) is 3.94. The van der Waals surface area contributed by atoms with E-state index in [9.17, 15) is 14.7 Å². The van der Waals surface area contributed by atoms with E-state index >= 15 is 0 Å². The number of nitrogens with zero attached hydrogens (tertiary/aromatic N) is 1. The topological polar surface area (TPSA) is 77.8 Å². The zero-order chi connectivity index (χ0) is 19.6. The van der Waals surface area contributed by atoms with E-state index in [0.29, 0.717) is 24.3 Å². The Bertz CT molecular complexity index is 605. The minimum Gasteiger partial charge on any atom is -0.478 e. The quantitative estimate of drug-likeness (QED) is 0.526. The summed E-state index contributed by atoms with van der Waals surface area (Å²) in [6.45, 7) is 2.79. The summed E-state index contributed by atoms with van der Waals surface area (Å²) >= 11 is 1.69. The summed E-state index contributed by atoms with van der Waals surface area (Å²) in [5.74, 6) is -0.198. The van der Waals surface area contributed by atoms with E-state index in [2.05, 4.69) is 6.92 Å². The largest absolute Gasteiger partial charge is 0.478 e. The molecule has 0 bridgehead atoms. The third kappa shape index (κ3) is 7.18. The van der Waals surface area contributed by atoms with Crippen LogP contribution in [0.3, 0.4) is 0 Å². The number of unbranched alkanes of at least 4 members (excludes halogenated alkanes) is 2. The van der Waals surface area contributed by atoms with E-state index in [0.717, 1.165) is 50.5 Å². The number of benzene rings is 1. The lowest BCUT2D eigenvalue weighted by molar-refractivity contribution is -0.128. The molecule has 0 spiro atoms. The van der Waals surface area contributed by atoms with Gasteiger partial charge in [0.15, 0.2) is 0 Å². The molecule has 0 aromatic heterocycles. The maximum absolute atomic E-state index is 12.2. The van der Waals surface area contributed by atoms with Crippen LogP contribution in [0.1, 0.15) is 67.8 Å². The highest BCUT2D eigenvalue weighted by molar-refractivity contribution is 8.00. The summed E-state index contributed by atoms with van der Waals surface area (Å²) in [5.41, 5.74) is 1.42. The maximum Gasteiger partial charge on any atom is 0.335 e. The van der Waals surface area contributed by atoms with E-state index in [4.69, 9.17) is 5.11 Å². The number of carboxylic acids is 1. The summed E-state index contributed by atoms with van der Waals surface area (Å²) in [6.07, 6.45) is 7.24. The predicted molar refractivity (Wildman–Crippen MR) is 109 cm³/mol. The van der Waals surface area contributed by atoms with Gasteiger partial charge in [-0.3, -0.25) is 4.79 Å². The van der Waals surface area contributed by atoms with Gasteiger partial charge in [-0.2, -0.15) is 0 Å². The van der Waals surface area contributed by atoms with E-state index in [1.807, 2.05) is 17.0 Å². The lowest BCUT2D eigenvalue weighted by Crippen LogP contribution is -2.35. The van der Waals surface area contributed by atoms with Crippen molar-refractivity contribution in [1.29, 1.82) is 0 Å². The molecule has 1 amide bonds. The van der Waals surface area contributed by atoms with Crippen LogP contribution in [0.2, 0.25) is 0 Å². The van der Waals surface area contributed by atoms with E-state index < -0.39 is 5.97 Å². The second kappa shape index (κ2) is 11.3. The Morgan fingerprint density at radius 2 is 1.96 bits per heavy atom. The monoisotopic (exact) mass is 393 g/mol. The first-order chi connectivity index (χ1) is 13.0. The van der Waals surface area contributed by atoms with Crippen molar-refractivity contribution in [3.8, 4) is 0 Å². The molecule has 5 nitrogen and oxygen atoms in total. The number of carbonyl (C=O) groups is 2. The summed E-state index contributed by atoms with van der Waals surface area (Å²) in [4.78, 5) is 25.0. The second-order valence-electron chi connectivity index (χ2n) is 7.19. The smallest absolute Gasteiger partial charge is 0.335 e. The number of carboxylic acid groups (broad SMARTS) is 1. The normalized spacial score (nSPS) is 18.1. The van der Waals surface area contributed by atoms with E-state index in [1.54, 1.807) is 23.9 Å². The molecule has 1 aliphatic heterocycles. The molecule has 27 heavy (non-hydrogen) atoms. The lowest BCUT2D eigenvalue weighted by Gasteiger charge is -2.25. The number of hydrogen-bond acceptors (Lipinski definition) is 4. The van der Waals surface area contributed by atoms with Crippen molar-refractivity contribution in [3.05, 3.63) is 35.4 Å². The van der Waals surface area contributed by atoms with Crippen LogP contribution in [-0.4, -0.2) is 50.8 Å². The Labute approximate surface area is 166 Å². The number of aliphatic hydroxyl groups excluding tert-OH is 1. The van der Waals surface area contributed by atoms with Crippen LogP contribution in [0.4, 0.5) is 0 Å². The van der Waals surface area contributed by atoms with Crippen molar-refractivity contribution < 1.29 is 19.8 Å². The number of aliphatic hydroxyl groups is 1. The van der Waals surface area contributed by atoms with Gasteiger partial charge in [0.1, 0.15) is 0 Å². The van der Waals surface area contributed by atoms with Crippen LogP contribution in [-0.2, 0) is 11.2 Å². The van der Waals surface area contributed by atoms with Crippen LogP contribution in [0.15, 0.2) is 24.3 Å². The first-order valence-electron chi connectivity index (χ1n) is 9.92. The van der Waals surface area contributed by atoms with Gasteiger partial charge in [-0.25, -0.2) is 4.79 Å². The number of carbonyl (C=O) groups excluding carboxylic acids is 1. The minimum atomic E-state index is -0.907. The summed E-state index contributed by atoms with van der Waals surface area (Å²) < 4.78 is 0. The zero-order valence-corrected chi connectivity index (χ0v) is 16.9. The highest BCUT2D eigenvalue weighted by atomic mass is 32.2. The average Bonchev–Trinajstić information content (AvgIpc) is 3.00. The number of rotatable bonds is 12. The number of thioether (sulfide) groups is 1. The molecule has 1 aromatic carbocycles. The van der Waals surface area contributed by atoms with E-state index in [1.165, 1.54) is 0 Å². The van der Waals surface area contributed by atoms with Gasteiger partial charge >= 0.3 is 5.97 Å². The molecular formula is C21H31NO4S. The molecule has 2 atom stereocenters. The average molecular weight is 394 g/mol. The maximum atomic E-state index is 12.2. The fraction of sp³-hybridized carbons (Fsp3) is 0.619. The fourth-order valence-electron chi connectivity index (χ4n) is 3.37. The molecule has 0 aliphatic carbocycles. The Balaban J connectivity index is 1.74. The fourth-order valence-corrected chi connectivity index (χ4v) is 4.60. The first kappa shape index (κ1) is 21.8. The van der Waals surface area contributed by atoms with Gasteiger partial charge in [0, 0.05) is 6.54 Å².